The fourth-order valence-corrected chi connectivity index (χ4v) is 2.27. The van der Waals surface area contributed by atoms with Crippen LogP contribution < -0.4 is 4.74 Å². The van der Waals surface area contributed by atoms with Crippen molar-refractivity contribution in [3.8, 4) is 5.75 Å². The zero-order chi connectivity index (χ0) is 16.1. The maximum Gasteiger partial charge on any atom is 0.327 e. The zero-order valence-electron chi connectivity index (χ0n) is 12.6. The predicted molar refractivity (Wildman–Crippen MR) is 81.6 cm³/mol. The van der Waals surface area contributed by atoms with E-state index in [1.165, 1.54) is 4.90 Å². The van der Waals surface area contributed by atoms with Crippen molar-refractivity contribution < 1.29 is 19.4 Å². The number of likely N-dealkylation sites (N-methyl/N-ethyl adjacent to an activating group) is 1. The Kier molecular flexibility index (Phi) is 5.16. The Hall–Kier alpha value is -2.34. The van der Waals surface area contributed by atoms with E-state index in [0.29, 0.717) is 12.2 Å². The first-order chi connectivity index (χ1) is 10.5. The quantitative estimate of drug-likeness (QED) is 0.604. The molecule has 0 saturated carbocycles. The number of imide groups is 1. The number of carbonyl (C=O) groups is 2. The molecule has 1 N–H and O–H groups in total. The number of amides is 3. The fourth-order valence-electron chi connectivity index (χ4n) is 2.27. The molecule has 0 radical (unpaired) electrons. The summed E-state index contributed by atoms with van der Waals surface area (Å²) in [5.41, 5.74) is 0.970. The molecule has 1 saturated heterocycles. The van der Waals surface area contributed by atoms with Crippen molar-refractivity contribution in [1.82, 2.24) is 9.80 Å². The number of aliphatic hydroxyl groups is 1. The number of ether oxygens (including phenoxy) is 1. The summed E-state index contributed by atoms with van der Waals surface area (Å²) >= 11 is 0. The molecule has 1 heterocycles. The van der Waals surface area contributed by atoms with Crippen LogP contribution in [0.4, 0.5) is 4.79 Å². The lowest BCUT2D eigenvalue weighted by Crippen LogP contribution is -2.40. The Morgan fingerprint density at radius 3 is 2.77 bits per heavy atom. The first kappa shape index (κ1) is 16.0. The molecule has 6 heteroatoms. The topological polar surface area (TPSA) is 70.1 Å². The first-order valence-corrected chi connectivity index (χ1v) is 7.08. The van der Waals surface area contributed by atoms with Crippen LogP contribution in [0.2, 0.25) is 0 Å². The summed E-state index contributed by atoms with van der Waals surface area (Å²) in [4.78, 5) is 25.7. The van der Waals surface area contributed by atoms with E-state index in [4.69, 9.17) is 4.74 Å². The van der Waals surface area contributed by atoms with Gasteiger partial charge >= 0.3 is 6.03 Å². The van der Waals surface area contributed by atoms with Gasteiger partial charge in [0, 0.05) is 7.05 Å². The summed E-state index contributed by atoms with van der Waals surface area (Å²) in [5, 5.41) is 10.0. The van der Waals surface area contributed by atoms with Gasteiger partial charge in [0.1, 0.15) is 25.0 Å². The minimum atomic E-state index is -0.934. The summed E-state index contributed by atoms with van der Waals surface area (Å²) in [6, 6.07) is 7.09. The monoisotopic (exact) mass is 304 g/mol. The summed E-state index contributed by atoms with van der Waals surface area (Å²) in [5.74, 6) is 0.358. The molecular formula is C16H20N2O4. The van der Waals surface area contributed by atoms with Crippen LogP contribution in [-0.4, -0.2) is 59.7 Å². The number of para-hydroxylation sites is 1. The highest BCUT2D eigenvalue weighted by molar-refractivity contribution is 6.01. The molecule has 1 atom stereocenters. The molecule has 1 aliphatic rings. The first-order valence-electron chi connectivity index (χ1n) is 7.08. The molecule has 2 rings (SSSR count). The maximum absolute atomic E-state index is 11.7. The lowest BCUT2D eigenvalue weighted by molar-refractivity contribution is -0.126. The zero-order valence-corrected chi connectivity index (χ0v) is 12.6. The van der Waals surface area contributed by atoms with E-state index >= 15 is 0 Å². The molecule has 0 aliphatic carbocycles. The van der Waals surface area contributed by atoms with Crippen molar-refractivity contribution in [2.75, 3.05) is 26.7 Å². The number of nitrogens with zero attached hydrogens (tertiary/aromatic N) is 2. The van der Waals surface area contributed by atoms with Crippen molar-refractivity contribution in [2.24, 2.45) is 0 Å². The Labute approximate surface area is 129 Å². The number of carbonyl (C=O) groups excluding carboxylic acids is 2. The van der Waals surface area contributed by atoms with Gasteiger partial charge in [0.25, 0.3) is 0 Å². The maximum atomic E-state index is 11.7. The van der Waals surface area contributed by atoms with E-state index < -0.39 is 12.1 Å². The van der Waals surface area contributed by atoms with Crippen LogP contribution >= 0.6 is 0 Å². The third-order valence-corrected chi connectivity index (χ3v) is 3.39. The normalized spacial score (nSPS) is 16.1. The summed E-state index contributed by atoms with van der Waals surface area (Å²) in [7, 11) is 1.55. The van der Waals surface area contributed by atoms with Crippen LogP contribution in [0.1, 0.15) is 5.56 Å². The number of rotatable bonds is 7. The number of benzene rings is 1. The molecule has 22 heavy (non-hydrogen) atoms. The molecule has 3 amide bonds. The van der Waals surface area contributed by atoms with E-state index in [-0.39, 0.29) is 25.6 Å². The van der Waals surface area contributed by atoms with Crippen LogP contribution in [0.3, 0.4) is 0 Å². The van der Waals surface area contributed by atoms with Crippen molar-refractivity contribution in [3.63, 3.8) is 0 Å². The Morgan fingerprint density at radius 2 is 2.14 bits per heavy atom. The lowest BCUT2D eigenvalue weighted by atomic mass is 10.1. The van der Waals surface area contributed by atoms with Crippen LogP contribution in [0.5, 0.6) is 5.75 Å². The van der Waals surface area contributed by atoms with Gasteiger partial charge in [-0.1, -0.05) is 24.3 Å². The lowest BCUT2D eigenvalue weighted by Gasteiger charge is -2.19. The largest absolute Gasteiger partial charge is 0.491 e. The number of urea groups is 1. The van der Waals surface area contributed by atoms with Crippen molar-refractivity contribution in [1.29, 1.82) is 0 Å². The average Bonchev–Trinajstić information content (AvgIpc) is 2.73. The van der Waals surface area contributed by atoms with Gasteiger partial charge in [-0.3, -0.25) is 9.69 Å². The number of allylic oxidation sites excluding steroid dienone is 1. The summed E-state index contributed by atoms with van der Waals surface area (Å²) in [6.45, 7) is 3.69. The molecule has 1 fully saturated rings. The Morgan fingerprint density at radius 1 is 1.41 bits per heavy atom. The summed E-state index contributed by atoms with van der Waals surface area (Å²) < 4.78 is 5.60. The van der Waals surface area contributed by atoms with Gasteiger partial charge in [0.2, 0.25) is 5.91 Å². The van der Waals surface area contributed by atoms with Crippen molar-refractivity contribution >= 4 is 11.9 Å². The average molecular weight is 304 g/mol. The smallest absolute Gasteiger partial charge is 0.327 e. The predicted octanol–water partition coefficient (Wildman–Crippen LogP) is 1.05. The van der Waals surface area contributed by atoms with Crippen molar-refractivity contribution in [2.45, 2.75) is 12.5 Å². The van der Waals surface area contributed by atoms with E-state index in [2.05, 4.69) is 6.58 Å². The molecule has 1 aromatic rings. The Bertz CT molecular complexity index is 573. The molecule has 1 aliphatic heterocycles. The van der Waals surface area contributed by atoms with Crippen molar-refractivity contribution in [3.05, 3.63) is 42.5 Å². The SMILES string of the molecule is C=CCc1ccccc1OC[C@@H](O)CN1C(=O)CN(C)C1=O. The van der Waals surface area contributed by atoms with Crippen LogP contribution in [0.15, 0.2) is 36.9 Å². The number of aliphatic hydroxyl groups excluding tert-OH is 1. The highest BCUT2D eigenvalue weighted by Gasteiger charge is 2.34. The fraction of sp³-hybridized carbons (Fsp3) is 0.375. The van der Waals surface area contributed by atoms with Crippen LogP contribution in [0.25, 0.3) is 0 Å². The van der Waals surface area contributed by atoms with E-state index in [1.54, 1.807) is 13.1 Å². The molecule has 6 nitrogen and oxygen atoms in total. The van der Waals surface area contributed by atoms with E-state index in [0.717, 1.165) is 10.5 Å². The second-order valence-corrected chi connectivity index (χ2v) is 5.21. The number of hydrogen-bond acceptors (Lipinski definition) is 4. The van der Waals surface area contributed by atoms with E-state index in [1.807, 2.05) is 24.3 Å². The number of β-amino-alcohol motifs (C(OH)–C–C–N with tert-alkyl or cyclic N) is 1. The molecule has 0 spiro atoms. The standard InChI is InChI=1S/C16H20N2O4/c1-3-6-12-7-4-5-8-14(12)22-11-13(19)9-18-15(20)10-17(2)16(18)21/h3-5,7-8,13,19H,1,6,9-11H2,2H3/t13-/m0/s1. The van der Waals surface area contributed by atoms with Gasteiger partial charge in [-0.15, -0.1) is 6.58 Å². The highest BCUT2D eigenvalue weighted by Crippen LogP contribution is 2.19. The van der Waals surface area contributed by atoms with Gasteiger partial charge in [-0.25, -0.2) is 4.79 Å². The Balaban J connectivity index is 1.91. The third-order valence-electron chi connectivity index (χ3n) is 3.39. The van der Waals surface area contributed by atoms with Crippen LogP contribution in [-0.2, 0) is 11.2 Å². The van der Waals surface area contributed by atoms with Crippen LogP contribution in [0, 0.1) is 0 Å². The molecule has 1 aromatic carbocycles. The highest BCUT2D eigenvalue weighted by atomic mass is 16.5. The van der Waals surface area contributed by atoms with Gasteiger partial charge in [-0.05, 0) is 18.1 Å². The molecule has 118 valence electrons. The molecule has 0 aromatic heterocycles. The molecule has 0 unspecified atom stereocenters. The third kappa shape index (κ3) is 3.65. The van der Waals surface area contributed by atoms with E-state index in [9.17, 15) is 14.7 Å². The minimum absolute atomic E-state index is 0.00886. The van der Waals surface area contributed by atoms with Gasteiger partial charge in [-0.2, -0.15) is 0 Å². The minimum Gasteiger partial charge on any atom is -0.491 e. The second-order valence-electron chi connectivity index (χ2n) is 5.21. The molecular weight excluding hydrogens is 284 g/mol. The number of hydrogen-bond donors (Lipinski definition) is 1. The second kappa shape index (κ2) is 7.09. The van der Waals surface area contributed by atoms with Gasteiger partial charge < -0.3 is 14.7 Å². The molecule has 0 bridgehead atoms. The van der Waals surface area contributed by atoms with Gasteiger partial charge in [0.15, 0.2) is 0 Å². The summed E-state index contributed by atoms with van der Waals surface area (Å²) in [6.07, 6.45) is 1.51. The van der Waals surface area contributed by atoms with Gasteiger partial charge in [0.05, 0.1) is 6.54 Å².